The second-order valence-electron chi connectivity index (χ2n) is 8.66. The van der Waals surface area contributed by atoms with E-state index in [0.29, 0.717) is 12.8 Å². The molecule has 162 valence electrons. The highest BCUT2D eigenvalue weighted by Gasteiger charge is 2.39. The molecule has 1 amide bonds. The number of Topliss-reactive ketones (excluding diaryl/α,β-unsaturated/α-hetero) is 1. The fourth-order valence-corrected chi connectivity index (χ4v) is 4.95. The quantitative estimate of drug-likeness (QED) is 0.630. The van der Waals surface area contributed by atoms with E-state index in [1.165, 1.54) is 11.3 Å². The minimum Gasteiger partial charge on any atom is -0.372 e. The zero-order valence-electron chi connectivity index (χ0n) is 19.1. The summed E-state index contributed by atoms with van der Waals surface area (Å²) >= 11 is 0. The van der Waals surface area contributed by atoms with Gasteiger partial charge in [-0.1, -0.05) is 18.2 Å². The fraction of sp³-hybridized carbons (Fsp3) is 0.407. The number of nitrogens with zero attached hydrogens (tertiary/aromatic N) is 2. The molecule has 4 heteroatoms. The molecule has 0 saturated heterocycles. The molecule has 1 atom stereocenters. The van der Waals surface area contributed by atoms with Crippen LogP contribution >= 0.6 is 0 Å². The van der Waals surface area contributed by atoms with Gasteiger partial charge in [-0.05, 0) is 81.5 Å². The van der Waals surface area contributed by atoms with Crippen LogP contribution in [0.5, 0.6) is 0 Å². The van der Waals surface area contributed by atoms with Crippen LogP contribution in [-0.4, -0.2) is 24.8 Å². The lowest BCUT2D eigenvalue weighted by Gasteiger charge is -2.38. The monoisotopic (exact) mass is 416 g/mol. The summed E-state index contributed by atoms with van der Waals surface area (Å²) in [6, 6.07) is 14.6. The molecular formula is C27H32N2O2. The Balaban J connectivity index is 1.76. The van der Waals surface area contributed by atoms with Crippen LogP contribution in [0, 0.1) is 13.8 Å². The minimum atomic E-state index is -0.149. The van der Waals surface area contributed by atoms with Crippen LogP contribution in [0.2, 0.25) is 0 Å². The van der Waals surface area contributed by atoms with Gasteiger partial charge in [-0.3, -0.25) is 14.5 Å². The van der Waals surface area contributed by atoms with Crippen LogP contribution < -0.4 is 9.80 Å². The minimum absolute atomic E-state index is 0.0783. The Morgan fingerprint density at radius 2 is 1.65 bits per heavy atom. The molecule has 0 saturated carbocycles. The number of carbonyl (C=O) groups excluding carboxylic acids is 2. The van der Waals surface area contributed by atoms with Gasteiger partial charge in [0.05, 0.1) is 0 Å². The highest BCUT2D eigenvalue weighted by Crippen LogP contribution is 2.43. The topological polar surface area (TPSA) is 40.6 Å². The Hall–Kier alpha value is -2.88. The van der Waals surface area contributed by atoms with Crippen LogP contribution in [0.15, 0.2) is 53.7 Å². The summed E-state index contributed by atoms with van der Waals surface area (Å²) in [5.74, 6) is 0.124. The van der Waals surface area contributed by atoms with Gasteiger partial charge in [-0.25, -0.2) is 0 Å². The first-order valence-corrected chi connectivity index (χ1v) is 11.5. The third-order valence-corrected chi connectivity index (χ3v) is 6.85. The van der Waals surface area contributed by atoms with E-state index in [0.717, 1.165) is 54.0 Å². The Labute approximate surface area is 185 Å². The molecular weight excluding hydrogens is 384 g/mol. The number of aryl methyl sites for hydroxylation is 2. The van der Waals surface area contributed by atoms with Gasteiger partial charge in [0.25, 0.3) is 0 Å². The SMILES string of the molecule is CCN(CC)c1ccc(C2CC(=O)N(c3ccc(C)c(C)c3)C3=C2C(=O)CCC3)cc1. The molecule has 0 fully saturated rings. The van der Waals surface area contributed by atoms with Crippen LogP contribution in [0.1, 0.15) is 62.1 Å². The van der Waals surface area contributed by atoms with Crippen molar-refractivity contribution in [3.63, 3.8) is 0 Å². The maximum absolute atomic E-state index is 13.4. The number of hydrogen-bond donors (Lipinski definition) is 0. The van der Waals surface area contributed by atoms with E-state index in [4.69, 9.17) is 0 Å². The number of benzene rings is 2. The van der Waals surface area contributed by atoms with Gasteiger partial charge in [-0.2, -0.15) is 0 Å². The van der Waals surface area contributed by atoms with Gasteiger partial charge in [0.15, 0.2) is 5.78 Å². The predicted octanol–water partition coefficient (Wildman–Crippen LogP) is 5.68. The van der Waals surface area contributed by atoms with Gasteiger partial charge >= 0.3 is 0 Å². The molecule has 4 nitrogen and oxygen atoms in total. The molecule has 0 radical (unpaired) electrons. The van der Waals surface area contributed by atoms with Gasteiger partial charge in [0.2, 0.25) is 5.91 Å². The molecule has 2 aromatic rings. The van der Waals surface area contributed by atoms with Crippen molar-refractivity contribution in [1.82, 2.24) is 0 Å². The average Bonchev–Trinajstić information content (AvgIpc) is 2.77. The first-order valence-electron chi connectivity index (χ1n) is 11.5. The molecule has 0 N–H and O–H groups in total. The number of ketones is 1. The first-order chi connectivity index (χ1) is 14.9. The number of anilines is 2. The Kier molecular flexibility index (Phi) is 5.99. The first kappa shape index (κ1) is 21.4. The molecule has 1 unspecified atom stereocenters. The van der Waals surface area contributed by atoms with Crippen LogP contribution in [0.4, 0.5) is 11.4 Å². The second kappa shape index (κ2) is 8.70. The number of hydrogen-bond acceptors (Lipinski definition) is 3. The summed E-state index contributed by atoms with van der Waals surface area (Å²) in [6.45, 7) is 10.3. The molecule has 0 bridgehead atoms. The number of rotatable bonds is 5. The Morgan fingerprint density at radius 1 is 0.935 bits per heavy atom. The normalized spacial score (nSPS) is 19.0. The third kappa shape index (κ3) is 3.91. The Morgan fingerprint density at radius 3 is 2.29 bits per heavy atom. The highest BCUT2D eigenvalue weighted by atomic mass is 16.2. The van der Waals surface area contributed by atoms with Crippen molar-refractivity contribution in [2.45, 2.75) is 59.3 Å². The summed E-state index contributed by atoms with van der Waals surface area (Å²) in [5.41, 5.74) is 7.24. The standard InChI is InChI=1S/C27H32N2O2/c1-5-28(6-2)21-14-11-20(12-15-21)23-17-26(31)29(22-13-10-18(3)19(4)16-22)24-8-7-9-25(30)27(23)24/h10-16,23H,5-9,17H2,1-4H3. The number of allylic oxidation sites excluding steroid dienone is 2. The third-order valence-electron chi connectivity index (χ3n) is 6.85. The smallest absolute Gasteiger partial charge is 0.232 e. The number of carbonyl (C=O) groups is 2. The predicted molar refractivity (Wildman–Crippen MR) is 127 cm³/mol. The van der Waals surface area contributed by atoms with Crippen molar-refractivity contribution in [2.75, 3.05) is 22.9 Å². The molecule has 31 heavy (non-hydrogen) atoms. The lowest BCUT2D eigenvalue weighted by atomic mass is 9.77. The number of amides is 1. The van der Waals surface area contributed by atoms with Crippen molar-refractivity contribution < 1.29 is 9.59 Å². The summed E-state index contributed by atoms with van der Waals surface area (Å²) in [5, 5.41) is 0. The zero-order valence-corrected chi connectivity index (χ0v) is 19.1. The summed E-state index contributed by atoms with van der Waals surface area (Å²) < 4.78 is 0. The molecule has 0 aromatic heterocycles. The van der Waals surface area contributed by atoms with E-state index < -0.39 is 0 Å². The van der Waals surface area contributed by atoms with Gasteiger partial charge in [-0.15, -0.1) is 0 Å². The van der Waals surface area contributed by atoms with Gasteiger partial charge in [0.1, 0.15) is 0 Å². The Bertz CT molecular complexity index is 1030. The molecule has 1 aliphatic carbocycles. The zero-order chi connectivity index (χ0) is 22.1. The maximum atomic E-state index is 13.4. The van der Waals surface area contributed by atoms with E-state index in [1.807, 2.05) is 11.0 Å². The van der Waals surface area contributed by atoms with E-state index in [1.54, 1.807) is 0 Å². The second-order valence-corrected chi connectivity index (χ2v) is 8.66. The summed E-state index contributed by atoms with van der Waals surface area (Å²) in [7, 11) is 0. The average molecular weight is 417 g/mol. The van der Waals surface area contributed by atoms with E-state index in [2.05, 4.69) is 69.0 Å². The van der Waals surface area contributed by atoms with Crippen molar-refractivity contribution >= 4 is 23.1 Å². The molecule has 0 spiro atoms. The van der Waals surface area contributed by atoms with E-state index in [9.17, 15) is 9.59 Å². The summed E-state index contributed by atoms with van der Waals surface area (Å²) in [6.07, 6.45) is 2.48. The van der Waals surface area contributed by atoms with Gasteiger partial charge in [0, 0.05) is 54.5 Å². The lowest BCUT2D eigenvalue weighted by molar-refractivity contribution is -0.119. The van der Waals surface area contributed by atoms with Crippen molar-refractivity contribution in [3.05, 3.63) is 70.4 Å². The summed E-state index contributed by atoms with van der Waals surface area (Å²) in [4.78, 5) is 30.6. The van der Waals surface area contributed by atoms with E-state index >= 15 is 0 Å². The largest absolute Gasteiger partial charge is 0.372 e. The van der Waals surface area contributed by atoms with Crippen molar-refractivity contribution in [3.8, 4) is 0 Å². The fourth-order valence-electron chi connectivity index (χ4n) is 4.95. The molecule has 4 rings (SSSR count). The van der Waals surface area contributed by atoms with E-state index in [-0.39, 0.29) is 17.6 Å². The maximum Gasteiger partial charge on any atom is 0.232 e. The van der Waals surface area contributed by atoms with Crippen molar-refractivity contribution in [1.29, 1.82) is 0 Å². The highest BCUT2D eigenvalue weighted by molar-refractivity contribution is 6.07. The molecule has 2 aromatic carbocycles. The molecule has 2 aliphatic rings. The van der Waals surface area contributed by atoms with Crippen LogP contribution in [0.25, 0.3) is 0 Å². The van der Waals surface area contributed by atoms with Crippen LogP contribution in [0.3, 0.4) is 0 Å². The molecule has 1 heterocycles. The van der Waals surface area contributed by atoms with Crippen molar-refractivity contribution in [2.24, 2.45) is 0 Å². The van der Waals surface area contributed by atoms with Crippen LogP contribution in [-0.2, 0) is 9.59 Å². The molecule has 1 aliphatic heterocycles. The lowest BCUT2D eigenvalue weighted by Crippen LogP contribution is -2.40. The van der Waals surface area contributed by atoms with Gasteiger partial charge < -0.3 is 4.90 Å².